The first kappa shape index (κ1) is 47.8. The zero-order chi connectivity index (χ0) is 35.2. The summed E-state index contributed by atoms with van der Waals surface area (Å²) in [5.41, 5.74) is 0. The van der Waals surface area contributed by atoms with Gasteiger partial charge in [-0.1, -0.05) is 0 Å². The minimum atomic E-state index is -3.20. The number of hydrogen-bond acceptors (Lipinski definition) is 9. The molecule has 0 N–H and O–H groups in total. The van der Waals surface area contributed by atoms with Crippen LogP contribution >= 0.6 is 0 Å². The van der Waals surface area contributed by atoms with Crippen LogP contribution in [0.15, 0.2) is 0 Å². The molecular weight excluding hydrogens is 958 g/mol. The molecule has 2 radical (unpaired) electrons. The summed E-state index contributed by atoms with van der Waals surface area (Å²) < 4.78 is 198. The van der Waals surface area contributed by atoms with Gasteiger partial charge in [0.1, 0.15) is 22.0 Å². The Kier molecular flexibility index (Phi) is 20.8. The first-order valence-electron chi connectivity index (χ1n) is 10.1. The van der Waals surface area contributed by atoms with Crippen LogP contribution in [0.25, 0.3) is 0 Å². The molecule has 0 heterocycles. The molecule has 0 amide bonds. The van der Waals surface area contributed by atoms with E-state index in [0.717, 1.165) is 0 Å². The SMILES string of the molecule is [Ce+3].[Ce+3].[O-]B([O-])Oc1c(F)c(F)c(F)c(F)c1F.[O-]B([O-])Oc1c(F)c(F)c(F)c(F)c1F.[O-]B([O-])Oc1c(F)c(F)c(F)c(F)c1F. The van der Waals surface area contributed by atoms with Crippen LogP contribution in [-0.4, -0.2) is 22.0 Å². The van der Waals surface area contributed by atoms with Crippen molar-refractivity contribution in [3.8, 4) is 17.2 Å². The Balaban J connectivity index is 0. The molecule has 29 heteroatoms. The second-order valence-electron chi connectivity index (χ2n) is 6.92. The summed E-state index contributed by atoms with van der Waals surface area (Å²) >= 11 is 0. The summed E-state index contributed by atoms with van der Waals surface area (Å²) in [6, 6.07) is 0. The Hall–Kier alpha value is -1.28. The van der Waals surface area contributed by atoms with Gasteiger partial charge in [0.25, 0.3) is 0 Å². The number of halogens is 15. The molecule has 9 nitrogen and oxygen atoms in total. The van der Waals surface area contributed by atoms with Crippen molar-refractivity contribution in [3.05, 3.63) is 87.3 Å². The van der Waals surface area contributed by atoms with E-state index in [1.54, 1.807) is 0 Å². The molecule has 47 heavy (non-hydrogen) atoms. The number of rotatable bonds is 6. The van der Waals surface area contributed by atoms with Gasteiger partial charge in [-0.05, 0) is 0 Å². The molecule has 0 aliphatic rings. The van der Waals surface area contributed by atoms with Gasteiger partial charge in [0.15, 0.2) is 17.2 Å². The summed E-state index contributed by atoms with van der Waals surface area (Å²) in [4.78, 5) is 0. The maximum Gasteiger partial charge on any atom is 3.00 e. The van der Waals surface area contributed by atoms with Crippen LogP contribution in [-0.2, 0) is 0 Å². The predicted octanol–water partition coefficient (Wildman–Crippen LogP) is -1.60. The minimum absolute atomic E-state index is 0. The van der Waals surface area contributed by atoms with E-state index in [9.17, 15) is 96.0 Å². The van der Waals surface area contributed by atoms with Crippen molar-refractivity contribution in [2.75, 3.05) is 0 Å². The molecule has 248 valence electrons. The Bertz CT molecular complexity index is 1290. The summed E-state index contributed by atoms with van der Waals surface area (Å²) in [7, 11) is -9.59. The molecule has 0 aromatic heterocycles. The quantitative estimate of drug-likeness (QED) is 0.123. The molecule has 0 unspecified atom stereocenters. The first-order chi connectivity index (χ1) is 20.6. The molecule has 0 fully saturated rings. The molecular formula is C18B3Ce2F15O9. The van der Waals surface area contributed by atoms with Crippen LogP contribution in [0.4, 0.5) is 65.9 Å². The van der Waals surface area contributed by atoms with Gasteiger partial charge in [0.2, 0.25) is 87.3 Å². The van der Waals surface area contributed by atoms with Crippen molar-refractivity contribution in [1.29, 1.82) is 0 Å². The summed E-state index contributed by atoms with van der Waals surface area (Å²) in [6.07, 6.45) is 0. The van der Waals surface area contributed by atoms with E-state index >= 15 is 0 Å². The predicted molar refractivity (Wildman–Crippen MR) is 97.8 cm³/mol. The van der Waals surface area contributed by atoms with Crippen LogP contribution in [0.1, 0.15) is 0 Å². The largest absolute Gasteiger partial charge is 3.00 e. The monoisotopic (exact) mass is 958 g/mol. The van der Waals surface area contributed by atoms with Gasteiger partial charge in [0, 0.05) is 0 Å². The van der Waals surface area contributed by atoms with Crippen LogP contribution in [0.3, 0.4) is 0 Å². The Labute approximate surface area is 317 Å². The molecule has 0 spiro atoms. The molecule has 3 aromatic carbocycles. The molecule has 3 aromatic rings. The zero-order valence-corrected chi connectivity index (χ0v) is 27.4. The van der Waals surface area contributed by atoms with Crippen molar-refractivity contribution in [3.63, 3.8) is 0 Å². The summed E-state index contributed by atoms with van der Waals surface area (Å²) in [6.45, 7) is 0. The van der Waals surface area contributed by atoms with E-state index in [1.165, 1.54) is 0 Å². The Morgan fingerprint density at radius 3 is 0.468 bits per heavy atom. The van der Waals surface area contributed by atoms with Crippen molar-refractivity contribution in [1.82, 2.24) is 0 Å². The third-order valence-corrected chi connectivity index (χ3v) is 4.15. The van der Waals surface area contributed by atoms with Gasteiger partial charge in [0.05, 0.1) is 0 Å². The number of benzene rings is 3. The van der Waals surface area contributed by atoms with Crippen molar-refractivity contribution in [2.24, 2.45) is 0 Å². The third kappa shape index (κ3) is 11.9. The second kappa shape index (κ2) is 20.4. The van der Waals surface area contributed by atoms with Crippen LogP contribution in [0.2, 0.25) is 0 Å². The maximum absolute atomic E-state index is 12.6. The van der Waals surface area contributed by atoms with Crippen molar-refractivity contribution in [2.45, 2.75) is 0 Å². The van der Waals surface area contributed by atoms with Gasteiger partial charge in [-0.3, -0.25) is 0 Å². The van der Waals surface area contributed by atoms with E-state index < -0.39 is 126 Å². The summed E-state index contributed by atoms with van der Waals surface area (Å²) in [5, 5.41) is 59.2. The van der Waals surface area contributed by atoms with E-state index in [0.29, 0.717) is 0 Å². The van der Waals surface area contributed by atoms with E-state index in [4.69, 9.17) is 0 Å². The van der Waals surface area contributed by atoms with Gasteiger partial charge < -0.3 is 44.1 Å². The second-order valence-corrected chi connectivity index (χ2v) is 6.92. The first-order valence-corrected chi connectivity index (χ1v) is 10.1. The smallest absolute Gasteiger partial charge is 0.860 e. The standard InChI is InChI=1S/3C6BF5O3.2Ce/c3*8-1-2(9)4(11)6(15-7(13)14)5(12)3(1)10;;/q3*-2;2*+3. The zero-order valence-electron chi connectivity index (χ0n) is 21.1. The Morgan fingerprint density at radius 1 is 0.255 bits per heavy atom. The molecule has 0 aliphatic carbocycles. The van der Waals surface area contributed by atoms with Gasteiger partial charge >= 0.3 is 83.5 Å². The molecule has 0 atom stereocenters. The normalized spacial score (nSPS) is 9.89. The topological polar surface area (TPSA) is 166 Å². The van der Waals surface area contributed by atoms with Crippen LogP contribution in [0, 0.1) is 171 Å². The average molecular weight is 958 g/mol. The Morgan fingerprint density at radius 2 is 0.362 bits per heavy atom. The molecule has 0 saturated heterocycles. The van der Waals surface area contributed by atoms with Crippen molar-refractivity contribution >= 4 is 22.0 Å². The van der Waals surface area contributed by atoms with E-state index in [1.807, 2.05) is 0 Å². The van der Waals surface area contributed by atoms with E-state index in [2.05, 4.69) is 14.0 Å². The van der Waals surface area contributed by atoms with Gasteiger partial charge in [-0.2, -0.15) is 26.3 Å². The average Bonchev–Trinajstić information content (AvgIpc) is 2.98. The molecule has 0 aliphatic heterocycles. The van der Waals surface area contributed by atoms with Gasteiger partial charge in [-0.25, -0.2) is 39.5 Å². The van der Waals surface area contributed by atoms with E-state index in [-0.39, 0.29) is 83.5 Å². The fraction of sp³-hybridized carbons (Fsp3) is 0. The van der Waals surface area contributed by atoms with Crippen molar-refractivity contribution < 1.29 is 193 Å². The fourth-order valence-electron chi connectivity index (χ4n) is 2.35. The fourth-order valence-corrected chi connectivity index (χ4v) is 2.35. The third-order valence-electron chi connectivity index (χ3n) is 4.15. The van der Waals surface area contributed by atoms with Crippen LogP contribution in [0.5, 0.6) is 17.2 Å². The maximum atomic E-state index is 12.6. The molecule has 0 bridgehead atoms. The molecule has 3 rings (SSSR count). The molecule has 0 saturated carbocycles. The summed E-state index contributed by atoms with van der Waals surface area (Å²) in [5.74, 6) is -40.7. The number of hydrogen-bond donors (Lipinski definition) is 0. The van der Waals surface area contributed by atoms with Crippen LogP contribution < -0.4 is 44.1 Å². The van der Waals surface area contributed by atoms with Gasteiger partial charge in [-0.15, -0.1) is 0 Å². The minimum Gasteiger partial charge on any atom is -0.860 e.